The summed E-state index contributed by atoms with van der Waals surface area (Å²) in [6.07, 6.45) is 2.16. The highest BCUT2D eigenvalue weighted by atomic mass is 16.7. The minimum absolute atomic E-state index is 0.0167. The number of carbonyl (C=O) groups is 2. The van der Waals surface area contributed by atoms with Gasteiger partial charge in [-0.1, -0.05) is 12.1 Å². The molecule has 2 heterocycles. The van der Waals surface area contributed by atoms with Crippen molar-refractivity contribution in [2.24, 2.45) is 0 Å². The molecule has 1 aromatic heterocycles. The fourth-order valence-electron chi connectivity index (χ4n) is 3.43. The van der Waals surface area contributed by atoms with Crippen molar-refractivity contribution < 1.29 is 19.1 Å². The molecule has 31 heavy (non-hydrogen) atoms. The lowest BCUT2D eigenvalue weighted by Crippen LogP contribution is -2.22. The first kappa shape index (κ1) is 19.0. The van der Waals surface area contributed by atoms with Crippen molar-refractivity contribution in [3.63, 3.8) is 0 Å². The number of nitrogens with one attached hydrogen (secondary N) is 2. The van der Waals surface area contributed by atoms with Crippen LogP contribution in [-0.4, -0.2) is 45.2 Å². The lowest BCUT2D eigenvalue weighted by molar-refractivity contribution is -0.114. The second-order valence-electron chi connectivity index (χ2n) is 7.47. The largest absolute Gasteiger partial charge is 0.454 e. The van der Waals surface area contributed by atoms with Crippen LogP contribution in [0.1, 0.15) is 36.2 Å². The molecule has 0 bridgehead atoms. The van der Waals surface area contributed by atoms with Crippen LogP contribution in [0.15, 0.2) is 36.4 Å². The highest BCUT2D eigenvalue weighted by Gasteiger charge is 2.28. The third-order valence-corrected chi connectivity index (χ3v) is 5.13. The number of fused-ring (bicyclic) bond motifs is 1. The summed E-state index contributed by atoms with van der Waals surface area (Å²) in [6, 6.07) is 11.1. The highest BCUT2D eigenvalue weighted by Crippen LogP contribution is 2.38. The van der Waals surface area contributed by atoms with Crippen molar-refractivity contribution in [1.29, 1.82) is 0 Å². The average Bonchev–Trinajstić information content (AvgIpc) is 3.30. The first-order valence-corrected chi connectivity index (χ1v) is 9.95. The number of carbonyl (C=O) groups excluding carboxylic acids is 2. The highest BCUT2D eigenvalue weighted by molar-refractivity contribution is 6.05. The second kappa shape index (κ2) is 7.71. The zero-order valence-electron chi connectivity index (χ0n) is 16.8. The Labute approximate surface area is 177 Å². The lowest BCUT2D eigenvalue weighted by Gasteiger charge is -2.12. The van der Waals surface area contributed by atoms with E-state index in [9.17, 15) is 9.59 Å². The van der Waals surface area contributed by atoms with Gasteiger partial charge in [0, 0.05) is 22.9 Å². The predicted molar refractivity (Wildman–Crippen MR) is 111 cm³/mol. The molecule has 1 aliphatic carbocycles. The number of rotatable bonds is 7. The summed E-state index contributed by atoms with van der Waals surface area (Å²) < 4.78 is 12.5. The quantitative estimate of drug-likeness (QED) is 0.560. The SMILES string of the molecule is CC(=O)c1cc2c(cc1NC(=O)CNc1cccc(-c3nnnn3C3CC3)c1)OCO2. The number of benzene rings is 2. The number of amides is 1. The molecule has 2 aromatic carbocycles. The topological polar surface area (TPSA) is 120 Å². The monoisotopic (exact) mass is 420 g/mol. The minimum Gasteiger partial charge on any atom is -0.454 e. The van der Waals surface area contributed by atoms with Gasteiger partial charge in [0.15, 0.2) is 23.1 Å². The average molecular weight is 420 g/mol. The zero-order chi connectivity index (χ0) is 21.4. The Balaban J connectivity index is 1.27. The van der Waals surface area contributed by atoms with E-state index in [1.165, 1.54) is 6.92 Å². The maximum atomic E-state index is 12.5. The van der Waals surface area contributed by atoms with Gasteiger partial charge in [-0.2, -0.15) is 0 Å². The third kappa shape index (κ3) is 3.91. The van der Waals surface area contributed by atoms with E-state index in [2.05, 4.69) is 26.2 Å². The Bertz CT molecular complexity index is 1170. The Hall–Kier alpha value is -3.95. The Morgan fingerprint density at radius 2 is 1.97 bits per heavy atom. The maximum absolute atomic E-state index is 12.5. The van der Waals surface area contributed by atoms with Crippen LogP contribution in [0.3, 0.4) is 0 Å². The standard InChI is InChI=1S/C21H20N6O4/c1-12(28)16-8-18-19(31-11-30-18)9-17(16)23-20(29)10-22-14-4-2-3-13(7-14)21-24-25-26-27(21)15-5-6-15/h2-4,7-9,15,22H,5-6,10-11H2,1H3,(H,23,29). The Kier molecular flexibility index (Phi) is 4.73. The van der Waals surface area contributed by atoms with E-state index in [1.807, 2.05) is 28.9 Å². The number of anilines is 2. The number of ether oxygens (including phenoxy) is 2. The molecule has 1 amide bonds. The van der Waals surface area contributed by atoms with Crippen molar-refractivity contribution in [3.05, 3.63) is 42.0 Å². The van der Waals surface area contributed by atoms with Gasteiger partial charge < -0.3 is 20.1 Å². The van der Waals surface area contributed by atoms with E-state index >= 15 is 0 Å². The minimum atomic E-state index is -0.297. The number of tetrazole rings is 1. The summed E-state index contributed by atoms with van der Waals surface area (Å²) in [5, 5.41) is 17.9. The van der Waals surface area contributed by atoms with Gasteiger partial charge in [-0.25, -0.2) is 4.68 Å². The van der Waals surface area contributed by atoms with Gasteiger partial charge in [-0.3, -0.25) is 9.59 Å². The molecule has 10 nitrogen and oxygen atoms in total. The molecule has 0 spiro atoms. The van der Waals surface area contributed by atoms with E-state index in [4.69, 9.17) is 9.47 Å². The van der Waals surface area contributed by atoms with Crippen LogP contribution >= 0.6 is 0 Å². The number of Topliss-reactive ketones (excluding diaryl/α,β-unsaturated/α-hetero) is 1. The number of aromatic nitrogens is 4. The summed E-state index contributed by atoms with van der Waals surface area (Å²) in [5.74, 6) is 1.22. The van der Waals surface area contributed by atoms with E-state index in [0.29, 0.717) is 34.6 Å². The molecule has 1 aliphatic heterocycles. The summed E-state index contributed by atoms with van der Waals surface area (Å²) in [5.41, 5.74) is 2.39. The molecule has 0 saturated heterocycles. The van der Waals surface area contributed by atoms with E-state index in [-0.39, 0.29) is 25.0 Å². The lowest BCUT2D eigenvalue weighted by atomic mass is 10.1. The molecule has 158 valence electrons. The molecular formula is C21H20N6O4. The molecule has 3 aromatic rings. The first-order chi connectivity index (χ1) is 15.1. The fraction of sp³-hybridized carbons (Fsp3) is 0.286. The molecule has 0 unspecified atom stereocenters. The second-order valence-corrected chi connectivity index (χ2v) is 7.47. The number of hydrogen-bond acceptors (Lipinski definition) is 8. The van der Waals surface area contributed by atoms with Gasteiger partial charge >= 0.3 is 0 Å². The fourth-order valence-corrected chi connectivity index (χ4v) is 3.43. The van der Waals surface area contributed by atoms with Crippen molar-refractivity contribution in [1.82, 2.24) is 20.2 Å². The Morgan fingerprint density at radius 3 is 2.74 bits per heavy atom. The van der Waals surface area contributed by atoms with Gasteiger partial charge in [0.1, 0.15) is 0 Å². The molecule has 0 radical (unpaired) electrons. The smallest absolute Gasteiger partial charge is 0.243 e. The van der Waals surface area contributed by atoms with Crippen molar-refractivity contribution >= 4 is 23.1 Å². The summed E-state index contributed by atoms with van der Waals surface area (Å²) in [6.45, 7) is 1.54. The van der Waals surface area contributed by atoms with Crippen LogP contribution in [0.4, 0.5) is 11.4 Å². The predicted octanol–water partition coefficient (Wildman–Crippen LogP) is 2.66. The van der Waals surface area contributed by atoms with Gasteiger partial charge in [0.2, 0.25) is 12.7 Å². The molecule has 10 heteroatoms. The van der Waals surface area contributed by atoms with E-state index in [0.717, 1.165) is 24.1 Å². The summed E-state index contributed by atoms with van der Waals surface area (Å²) in [7, 11) is 0. The van der Waals surface area contributed by atoms with Crippen molar-refractivity contribution in [2.75, 3.05) is 24.0 Å². The van der Waals surface area contributed by atoms with Crippen LogP contribution in [-0.2, 0) is 4.79 Å². The molecular weight excluding hydrogens is 400 g/mol. The third-order valence-electron chi connectivity index (χ3n) is 5.13. The van der Waals surface area contributed by atoms with Crippen LogP contribution in [0.25, 0.3) is 11.4 Å². The first-order valence-electron chi connectivity index (χ1n) is 9.95. The number of ketones is 1. The van der Waals surface area contributed by atoms with Gasteiger partial charge in [0.25, 0.3) is 0 Å². The van der Waals surface area contributed by atoms with Crippen LogP contribution in [0.2, 0.25) is 0 Å². The van der Waals surface area contributed by atoms with E-state index in [1.54, 1.807) is 12.1 Å². The van der Waals surface area contributed by atoms with E-state index < -0.39 is 0 Å². The normalized spacial score (nSPS) is 14.4. The van der Waals surface area contributed by atoms with Crippen molar-refractivity contribution in [2.45, 2.75) is 25.8 Å². The van der Waals surface area contributed by atoms with Crippen LogP contribution in [0, 0.1) is 0 Å². The van der Waals surface area contributed by atoms with Gasteiger partial charge in [-0.15, -0.1) is 5.10 Å². The van der Waals surface area contributed by atoms with Crippen LogP contribution < -0.4 is 20.1 Å². The number of nitrogens with zero attached hydrogens (tertiary/aromatic N) is 4. The van der Waals surface area contributed by atoms with Gasteiger partial charge in [0.05, 0.1) is 18.3 Å². The maximum Gasteiger partial charge on any atom is 0.243 e. The van der Waals surface area contributed by atoms with Crippen molar-refractivity contribution in [3.8, 4) is 22.9 Å². The van der Waals surface area contributed by atoms with Crippen LogP contribution in [0.5, 0.6) is 11.5 Å². The Morgan fingerprint density at radius 1 is 1.16 bits per heavy atom. The number of hydrogen-bond donors (Lipinski definition) is 2. The molecule has 5 rings (SSSR count). The molecule has 2 N–H and O–H groups in total. The summed E-state index contributed by atoms with van der Waals surface area (Å²) >= 11 is 0. The molecule has 0 atom stereocenters. The summed E-state index contributed by atoms with van der Waals surface area (Å²) in [4.78, 5) is 24.5. The molecule has 1 saturated carbocycles. The molecule has 2 aliphatic rings. The zero-order valence-corrected chi connectivity index (χ0v) is 16.8. The molecule has 1 fully saturated rings. The van der Waals surface area contributed by atoms with Gasteiger partial charge in [-0.05, 0) is 48.4 Å².